The van der Waals surface area contributed by atoms with Gasteiger partial charge in [-0.1, -0.05) is 17.7 Å². The van der Waals surface area contributed by atoms with Gasteiger partial charge in [-0.3, -0.25) is 14.4 Å². The molecular formula is C23H24N4O3. The minimum Gasteiger partial charge on any atom is -0.350 e. The molecule has 30 heavy (non-hydrogen) atoms. The molecule has 154 valence electrons. The van der Waals surface area contributed by atoms with Gasteiger partial charge in [-0.2, -0.15) is 0 Å². The maximum Gasteiger partial charge on any atom is 0.252 e. The highest BCUT2D eigenvalue weighted by atomic mass is 16.2. The van der Waals surface area contributed by atoms with Crippen LogP contribution in [0.15, 0.2) is 52.1 Å². The molecule has 5 rings (SSSR count). The van der Waals surface area contributed by atoms with E-state index in [1.54, 1.807) is 6.07 Å². The highest BCUT2D eigenvalue weighted by molar-refractivity contribution is 6.06. The van der Waals surface area contributed by atoms with Gasteiger partial charge in [-0.15, -0.1) is 0 Å². The van der Waals surface area contributed by atoms with Crippen molar-refractivity contribution in [3.63, 3.8) is 0 Å². The predicted molar refractivity (Wildman–Crippen MR) is 115 cm³/mol. The number of hydrogen-bond donors (Lipinski definition) is 3. The Morgan fingerprint density at radius 3 is 2.90 bits per heavy atom. The summed E-state index contributed by atoms with van der Waals surface area (Å²) in [7, 11) is 0. The second-order valence-electron chi connectivity index (χ2n) is 8.38. The summed E-state index contributed by atoms with van der Waals surface area (Å²) in [6.45, 7) is 3.99. The van der Waals surface area contributed by atoms with Crippen molar-refractivity contribution >= 4 is 16.8 Å². The quantitative estimate of drug-likeness (QED) is 0.619. The van der Waals surface area contributed by atoms with Gasteiger partial charge in [0, 0.05) is 54.3 Å². The second kappa shape index (κ2) is 7.25. The van der Waals surface area contributed by atoms with Crippen molar-refractivity contribution < 1.29 is 4.79 Å². The number of carbonyl (C=O) groups is 1. The first-order chi connectivity index (χ1) is 14.5. The van der Waals surface area contributed by atoms with Gasteiger partial charge in [0.1, 0.15) is 0 Å². The van der Waals surface area contributed by atoms with E-state index in [1.807, 2.05) is 41.8 Å². The number of carbonyl (C=O) groups excluding carboxylic acids is 1. The van der Waals surface area contributed by atoms with Gasteiger partial charge in [0.05, 0.1) is 11.6 Å². The zero-order valence-corrected chi connectivity index (χ0v) is 16.8. The third-order valence-corrected chi connectivity index (χ3v) is 6.41. The maximum atomic E-state index is 13.1. The van der Waals surface area contributed by atoms with Crippen LogP contribution in [0.1, 0.15) is 40.0 Å². The smallest absolute Gasteiger partial charge is 0.252 e. The predicted octanol–water partition coefficient (Wildman–Crippen LogP) is 1.68. The fraction of sp³-hybridized carbons (Fsp3) is 0.348. The number of piperidine rings is 1. The Bertz CT molecular complexity index is 1260. The number of benzene rings is 1. The molecule has 2 aliphatic rings. The fourth-order valence-corrected chi connectivity index (χ4v) is 5.01. The third kappa shape index (κ3) is 3.15. The van der Waals surface area contributed by atoms with Crippen LogP contribution < -0.4 is 21.8 Å². The molecule has 0 radical (unpaired) electrons. The monoisotopic (exact) mass is 404 g/mol. The summed E-state index contributed by atoms with van der Waals surface area (Å²) >= 11 is 0. The first kappa shape index (κ1) is 18.8. The lowest BCUT2D eigenvalue weighted by Crippen LogP contribution is -2.50. The molecule has 1 saturated heterocycles. The Balaban J connectivity index is 1.47. The summed E-state index contributed by atoms with van der Waals surface area (Å²) in [5.74, 6) is 0.298. The average Bonchev–Trinajstić information content (AvgIpc) is 2.74. The van der Waals surface area contributed by atoms with Crippen molar-refractivity contribution in [3.8, 4) is 0 Å². The minimum atomic E-state index is -0.310. The van der Waals surface area contributed by atoms with Crippen molar-refractivity contribution in [1.82, 2.24) is 20.2 Å². The first-order valence-corrected chi connectivity index (χ1v) is 10.4. The van der Waals surface area contributed by atoms with Crippen LogP contribution in [0.4, 0.5) is 0 Å². The molecule has 2 aromatic heterocycles. The highest BCUT2D eigenvalue weighted by Gasteiger charge is 2.37. The van der Waals surface area contributed by atoms with Crippen molar-refractivity contribution in [2.45, 2.75) is 25.3 Å². The molecule has 4 heterocycles. The molecule has 0 saturated carbocycles. The fourth-order valence-electron chi connectivity index (χ4n) is 5.01. The molecule has 0 spiro atoms. The van der Waals surface area contributed by atoms with E-state index < -0.39 is 0 Å². The molecule has 0 unspecified atom stereocenters. The molecule has 3 atom stereocenters. The van der Waals surface area contributed by atoms with Gasteiger partial charge in [0.25, 0.3) is 11.5 Å². The van der Waals surface area contributed by atoms with Crippen LogP contribution in [0.5, 0.6) is 0 Å². The van der Waals surface area contributed by atoms with Crippen LogP contribution >= 0.6 is 0 Å². The number of pyridine rings is 2. The molecule has 1 aromatic carbocycles. The van der Waals surface area contributed by atoms with E-state index in [1.165, 1.54) is 6.07 Å². The third-order valence-electron chi connectivity index (χ3n) is 6.41. The van der Waals surface area contributed by atoms with E-state index in [4.69, 9.17) is 0 Å². The molecule has 0 aliphatic carbocycles. The molecule has 1 amide bonds. The van der Waals surface area contributed by atoms with E-state index in [0.29, 0.717) is 28.9 Å². The molecule has 2 bridgehead atoms. The number of nitrogens with one attached hydrogen (secondary N) is 3. The van der Waals surface area contributed by atoms with Crippen LogP contribution in [-0.2, 0) is 0 Å². The van der Waals surface area contributed by atoms with Crippen LogP contribution in [-0.4, -0.2) is 35.1 Å². The Hall–Kier alpha value is -3.19. The van der Waals surface area contributed by atoms with E-state index in [2.05, 4.69) is 15.6 Å². The number of amides is 1. The van der Waals surface area contributed by atoms with Crippen molar-refractivity contribution in [2.24, 2.45) is 5.92 Å². The normalized spacial score (nSPS) is 22.5. The van der Waals surface area contributed by atoms with Gasteiger partial charge < -0.3 is 20.2 Å². The van der Waals surface area contributed by atoms with Crippen LogP contribution in [0, 0.1) is 12.8 Å². The Labute approximate surface area is 173 Å². The maximum absolute atomic E-state index is 13.1. The Morgan fingerprint density at radius 2 is 2.03 bits per heavy atom. The molecule has 7 nitrogen and oxygen atoms in total. The summed E-state index contributed by atoms with van der Waals surface area (Å²) in [6.07, 6.45) is 1.00. The number of hydrogen-bond acceptors (Lipinski definition) is 4. The van der Waals surface area contributed by atoms with Crippen LogP contribution in [0.25, 0.3) is 10.9 Å². The van der Waals surface area contributed by atoms with Gasteiger partial charge in [-0.05, 0) is 37.5 Å². The number of rotatable bonds is 3. The lowest BCUT2D eigenvalue weighted by Gasteiger charge is -2.43. The molecular weight excluding hydrogens is 380 g/mol. The Morgan fingerprint density at radius 1 is 1.17 bits per heavy atom. The summed E-state index contributed by atoms with van der Waals surface area (Å²) in [6, 6.07) is 12.2. The molecule has 3 aromatic rings. The first-order valence-electron chi connectivity index (χ1n) is 10.4. The molecule has 2 aliphatic heterocycles. The minimum absolute atomic E-state index is 0.0272. The van der Waals surface area contributed by atoms with Crippen molar-refractivity contribution in [2.75, 3.05) is 19.6 Å². The lowest BCUT2D eigenvalue weighted by atomic mass is 9.79. The number of nitrogens with zero attached hydrogens (tertiary/aromatic N) is 1. The van der Waals surface area contributed by atoms with Crippen molar-refractivity contribution in [1.29, 1.82) is 0 Å². The summed E-state index contributed by atoms with van der Waals surface area (Å²) in [4.78, 5) is 40.6. The molecule has 1 fully saturated rings. The standard InChI is InChI=1S/C23H24N4O3/c1-13-5-6-18-16(7-13)17(9-21(28)26-18)23(30)25-12-20-15-8-14(10-24-11-15)19-3-2-4-22(29)27(19)20/h2-7,9,14-15,20,24H,8,10-12H2,1H3,(H,25,30)(H,26,28)/t14-,15+,20+/m1/s1. The van der Waals surface area contributed by atoms with E-state index in [0.717, 1.165) is 30.8 Å². The SMILES string of the molecule is Cc1ccc2[nH]c(=O)cc(C(=O)NC[C@H]3[C@@H]4CNC[C@@H](C4)c4cccc(=O)n43)c2c1. The summed E-state index contributed by atoms with van der Waals surface area (Å²) in [5, 5.41) is 7.18. The largest absolute Gasteiger partial charge is 0.350 e. The zero-order chi connectivity index (χ0) is 20.8. The number of aromatic nitrogens is 2. The van der Waals surface area contributed by atoms with Gasteiger partial charge >= 0.3 is 0 Å². The zero-order valence-electron chi connectivity index (χ0n) is 16.8. The van der Waals surface area contributed by atoms with Gasteiger partial charge in [0.2, 0.25) is 5.56 Å². The van der Waals surface area contributed by atoms with E-state index in [-0.39, 0.29) is 29.0 Å². The average molecular weight is 404 g/mol. The summed E-state index contributed by atoms with van der Waals surface area (Å²) < 4.78 is 1.86. The lowest BCUT2D eigenvalue weighted by molar-refractivity contribution is 0.0933. The molecule has 3 N–H and O–H groups in total. The van der Waals surface area contributed by atoms with E-state index in [9.17, 15) is 14.4 Å². The van der Waals surface area contributed by atoms with Gasteiger partial charge in [0.15, 0.2) is 0 Å². The topological polar surface area (TPSA) is 96.0 Å². The van der Waals surface area contributed by atoms with Crippen LogP contribution in [0.2, 0.25) is 0 Å². The van der Waals surface area contributed by atoms with E-state index >= 15 is 0 Å². The summed E-state index contributed by atoms with van der Waals surface area (Å²) in [5.41, 5.74) is 2.69. The van der Waals surface area contributed by atoms with Crippen LogP contribution in [0.3, 0.4) is 0 Å². The Kier molecular flexibility index (Phi) is 4.55. The number of aromatic amines is 1. The number of aryl methyl sites for hydroxylation is 1. The second-order valence-corrected chi connectivity index (χ2v) is 8.38. The van der Waals surface area contributed by atoms with Crippen molar-refractivity contribution in [3.05, 3.63) is 80.0 Å². The number of fused-ring (bicyclic) bond motifs is 5. The number of H-pyrrole nitrogens is 1. The highest BCUT2D eigenvalue weighted by Crippen LogP contribution is 2.38. The van der Waals surface area contributed by atoms with Gasteiger partial charge in [-0.25, -0.2) is 0 Å². The molecule has 7 heteroatoms.